The highest BCUT2D eigenvalue weighted by molar-refractivity contribution is 9.10. The Hall–Kier alpha value is -1.65. The monoisotopic (exact) mass is 417 g/mol. The zero-order valence-corrected chi connectivity index (χ0v) is 15.8. The fourth-order valence-corrected chi connectivity index (χ4v) is 3.41. The van der Waals surface area contributed by atoms with Gasteiger partial charge in [-0.2, -0.15) is 0 Å². The van der Waals surface area contributed by atoms with Crippen LogP contribution in [0.1, 0.15) is 36.3 Å². The third-order valence-electron chi connectivity index (χ3n) is 4.72. The Morgan fingerprint density at radius 2 is 1.76 bits per heavy atom. The molecule has 0 heterocycles. The summed E-state index contributed by atoms with van der Waals surface area (Å²) in [5, 5.41) is 5.00. The Bertz CT molecular complexity index is 813. The first-order valence-electron chi connectivity index (χ1n) is 8.42. The minimum Gasteiger partial charge on any atom is -0.318 e. The first-order valence-corrected chi connectivity index (χ1v) is 9.59. The highest BCUT2D eigenvalue weighted by Crippen LogP contribution is 2.49. The fraction of sp³-hybridized carbons (Fsp3) is 0.300. The van der Waals surface area contributed by atoms with Gasteiger partial charge < -0.3 is 4.84 Å². The average Bonchev–Trinajstić information content (AvgIpc) is 3.51. The molecule has 0 N–H and O–H groups in total. The van der Waals surface area contributed by atoms with Crippen LogP contribution in [0.3, 0.4) is 0 Å². The molecule has 0 aliphatic heterocycles. The summed E-state index contributed by atoms with van der Waals surface area (Å²) < 4.78 is 1.01. The maximum absolute atomic E-state index is 11.9. The molecule has 2 saturated carbocycles. The Kier molecular flexibility index (Phi) is 4.65. The van der Waals surface area contributed by atoms with Crippen LogP contribution in [0.15, 0.2) is 58.2 Å². The van der Waals surface area contributed by atoms with Crippen LogP contribution in [-0.2, 0) is 9.63 Å². The molecule has 0 amide bonds. The molecule has 4 rings (SSSR count). The van der Waals surface area contributed by atoms with Gasteiger partial charge in [0.2, 0.25) is 0 Å². The van der Waals surface area contributed by atoms with Crippen LogP contribution >= 0.6 is 27.5 Å². The molecular weight excluding hydrogens is 402 g/mol. The van der Waals surface area contributed by atoms with Crippen molar-refractivity contribution in [3.05, 3.63) is 69.2 Å². The van der Waals surface area contributed by atoms with Crippen LogP contribution in [0.4, 0.5) is 0 Å². The number of halogens is 2. The van der Waals surface area contributed by atoms with E-state index in [1.165, 1.54) is 5.56 Å². The molecule has 0 bridgehead atoms. The van der Waals surface area contributed by atoms with Gasteiger partial charge in [-0.3, -0.25) is 0 Å². The maximum atomic E-state index is 11.9. The predicted molar refractivity (Wildman–Crippen MR) is 102 cm³/mol. The number of carbonyl (C=O) groups is 1. The number of hydrogen-bond acceptors (Lipinski definition) is 3. The normalized spacial score (nSPS) is 22.6. The molecule has 2 aromatic rings. The van der Waals surface area contributed by atoms with Gasteiger partial charge in [0, 0.05) is 15.4 Å². The smallest absolute Gasteiger partial charge is 0.318 e. The number of hydrogen-bond donors (Lipinski definition) is 0. The zero-order valence-electron chi connectivity index (χ0n) is 13.5. The summed E-state index contributed by atoms with van der Waals surface area (Å²) in [6, 6.07) is 15.9. The quantitative estimate of drug-likeness (QED) is 0.362. The molecule has 128 valence electrons. The van der Waals surface area contributed by atoms with Crippen molar-refractivity contribution in [1.82, 2.24) is 0 Å². The summed E-state index contributed by atoms with van der Waals surface area (Å²) in [6.07, 6.45) is 2.83. The first-order chi connectivity index (χ1) is 12.1. The summed E-state index contributed by atoms with van der Waals surface area (Å²) in [5.41, 5.74) is 3.09. The predicted octanol–water partition coefficient (Wildman–Crippen LogP) is 5.56. The lowest BCUT2D eigenvalue weighted by molar-refractivity contribution is -0.145. The first kappa shape index (κ1) is 16.8. The summed E-state index contributed by atoms with van der Waals surface area (Å²) in [6.45, 7) is 0. The molecule has 0 saturated heterocycles. The van der Waals surface area contributed by atoms with Crippen LogP contribution in [0.2, 0.25) is 5.02 Å². The van der Waals surface area contributed by atoms with Crippen molar-refractivity contribution in [1.29, 1.82) is 0 Å². The van der Waals surface area contributed by atoms with E-state index in [0.29, 0.717) is 5.92 Å². The highest BCUT2D eigenvalue weighted by Gasteiger charge is 2.43. The second-order valence-electron chi connectivity index (χ2n) is 6.67. The molecule has 2 aromatic carbocycles. The van der Waals surface area contributed by atoms with E-state index in [9.17, 15) is 4.79 Å². The third kappa shape index (κ3) is 3.96. The Morgan fingerprint density at radius 3 is 2.40 bits per heavy atom. The van der Waals surface area contributed by atoms with E-state index in [-0.39, 0.29) is 17.8 Å². The number of rotatable bonds is 5. The number of oxime groups is 1. The lowest BCUT2D eigenvalue weighted by Crippen LogP contribution is -2.10. The van der Waals surface area contributed by atoms with E-state index >= 15 is 0 Å². The van der Waals surface area contributed by atoms with Crippen LogP contribution in [0, 0.1) is 11.8 Å². The average molecular weight is 419 g/mol. The van der Waals surface area contributed by atoms with Gasteiger partial charge in [0.1, 0.15) is 0 Å². The van der Waals surface area contributed by atoms with E-state index in [2.05, 4.69) is 33.2 Å². The summed E-state index contributed by atoms with van der Waals surface area (Å²) in [4.78, 5) is 17.1. The maximum Gasteiger partial charge on any atom is 0.338 e. The van der Waals surface area contributed by atoms with Gasteiger partial charge in [0.05, 0.1) is 11.6 Å². The van der Waals surface area contributed by atoms with Crippen molar-refractivity contribution in [3.8, 4) is 0 Å². The van der Waals surface area contributed by atoms with Gasteiger partial charge in [0.15, 0.2) is 0 Å². The molecule has 3 nitrogen and oxygen atoms in total. The SMILES string of the molecule is O=C(O/N=C(/c1ccc(Br)cc1)C1CC1c1ccc(Cl)cc1)C1CC1. The third-order valence-corrected chi connectivity index (χ3v) is 5.51. The van der Waals surface area contributed by atoms with Crippen molar-refractivity contribution < 1.29 is 9.63 Å². The van der Waals surface area contributed by atoms with E-state index in [0.717, 1.165) is 40.0 Å². The standard InChI is InChI=1S/C20H17BrClNO2/c21-15-7-3-13(4-8-15)19(23-25-20(24)14-1-2-14)18-11-17(18)12-5-9-16(22)10-6-12/h3-10,14,17-18H,1-2,11H2/b23-19-. The molecule has 0 spiro atoms. The van der Waals surface area contributed by atoms with Gasteiger partial charge in [-0.25, -0.2) is 4.79 Å². The Balaban J connectivity index is 1.57. The topological polar surface area (TPSA) is 38.7 Å². The summed E-state index contributed by atoms with van der Waals surface area (Å²) in [7, 11) is 0. The minimum atomic E-state index is -0.210. The molecule has 2 fully saturated rings. The van der Waals surface area contributed by atoms with Crippen LogP contribution in [0.5, 0.6) is 0 Å². The number of benzene rings is 2. The minimum absolute atomic E-state index is 0.0428. The molecule has 2 aliphatic rings. The van der Waals surface area contributed by atoms with Gasteiger partial charge in [-0.1, -0.05) is 57.0 Å². The number of nitrogens with zero attached hydrogens (tertiary/aromatic N) is 1. The van der Waals surface area contributed by atoms with Gasteiger partial charge >= 0.3 is 5.97 Å². The molecule has 0 aromatic heterocycles. The zero-order chi connectivity index (χ0) is 17.4. The van der Waals surface area contributed by atoms with E-state index in [1.807, 2.05) is 36.4 Å². The molecule has 2 unspecified atom stereocenters. The fourth-order valence-electron chi connectivity index (χ4n) is 3.02. The van der Waals surface area contributed by atoms with Gasteiger partial charge in [-0.05, 0) is 60.6 Å². The molecule has 2 aliphatic carbocycles. The Morgan fingerprint density at radius 1 is 1.08 bits per heavy atom. The van der Waals surface area contributed by atoms with Crippen molar-refractivity contribution in [2.75, 3.05) is 0 Å². The highest BCUT2D eigenvalue weighted by atomic mass is 79.9. The lowest BCUT2D eigenvalue weighted by Gasteiger charge is -2.07. The van der Waals surface area contributed by atoms with Crippen molar-refractivity contribution >= 4 is 39.2 Å². The second-order valence-corrected chi connectivity index (χ2v) is 8.02. The number of carbonyl (C=O) groups excluding carboxylic acids is 1. The lowest BCUT2D eigenvalue weighted by atomic mass is 10.0. The van der Waals surface area contributed by atoms with E-state index < -0.39 is 0 Å². The summed E-state index contributed by atoms with van der Waals surface area (Å²) in [5.74, 6) is 0.480. The summed E-state index contributed by atoms with van der Waals surface area (Å²) >= 11 is 9.44. The van der Waals surface area contributed by atoms with E-state index in [1.54, 1.807) is 0 Å². The van der Waals surface area contributed by atoms with Crippen LogP contribution in [0.25, 0.3) is 0 Å². The van der Waals surface area contributed by atoms with Crippen molar-refractivity contribution in [3.63, 3.8) is 0 Å². The van der Waals surface area contributed by atoms with Crippen molar-refractivity contribution in [2.24, 2.45) is 17.0 Å². The molecule has 25 heavy (non-hydrogen) atoms. The van der Waals surface area contributed by atoms with Gasteiger partial charge in [0.25, 0.3) is 0 Å². The van der Waals surface area contributed by atoms with Gasteiger partial charge in [-0.15, -0.1) is 0 Å². The molecule has 2 atom stereocenters. The second kappa shape index (κ2) is 6.93. The van der Waals surface area contributed by atoms with Crippen LogP contribution in [-0.4, -0.2) is 11.7 Å². The molecule has 0 radical (unpaired) electrons. The van der Waals surface area contributed by atoms with Crippen LogP contribution < -0.4 is 0 Å². The Labute approximate surface area is 160 Å². The molecular formula is C20H17BrClNO2. The van der Waals surface area contributed by atoms with Crippen molar-refractivity contribution in [2.45, 2.75) is 25.2 Å². The van der Waals surface area contributed by atoms with E-state index in [4.69, 9.17) is 16.4 Å². The largest absolute Gasteiger partial charge is 0.338 e. The molecule has 5 heteroatoms.